The number of aromatic nitrogens is 2. The van der Waals surface area contributed by atoms with Crippen molar-refractivity contribution in [1.82, 2.24) is 20.2 Å². The van der Waals surface area contributed by atoms with Crippen molar-refractivity contribution in [2.75, 3.05) is 38.0 Å². The van der Waals surface area contributed by atoms with E-state index >= 15 is 0 Å². The van der Waals surface area contributed by atoms with Gasteiger partial charge in [-0.2, -0.15) is 0 Å². The zero-order valence-electron chi connectivity index (χ0n) is 13.2. The van der Waals surface area contributed by atoms with Crippen molar-refractivity contribution in [3.8, 4) is 0 Å². The molecule has 0 aliphatic carbocycles. The average Bonchev–Trinajstić information content (AvgIpc) is 2.57. The molecule has 0 saturated carbocycles. The van der Waals surface area contributed by atoms with Crippen molar-refractivity contribution in [2.24, 2.45) is 0 Å². The van der Waals surface area contributed by atoms with E-state index in [0.29, 0.717) is 12.4 Å². The molecular weight excluding hydrogens is 278 g/mol. The summed E-state index contributed by atoms with van der Waals surface area (Å²) in [7, 11) is 0. The number of carbonyl (C=O) groups is 1. The number of hydrogen-bond donors (Lipinski definition) is 2. The fraction of sp³-hybridized carbons (Fsp3) is 0.438. The normalized spacial score (nSPS) is 10.9. The average molecular weight is 301 g/mol. The largest absolute Gasteiger partial charge is 0.360 e. The Morgan fingerprint density at radius 3 is 2.73 bits per heavy atom. The number of likely N-dealkylation sites (N-methyl/N-ethyl adjacent to an activating group) is 1. The Kier molecular flexibility index (Phi) is 6.09. The monoisotopic (exact) mass is 301 g/mol. The fourth-order valence-corrected chi connectivity index (χ4v) is 2.27. The molecule has 2 rings (SSSR count). The lowest BCUT2D eigenvalue weighted by molar-refractivity contribution is -0.119. The van der Waals surface area contributed by atoms with Crippen molar-refractivity contribution < 1.29 is 4.79 Å². The summed E-state index contributed by atoms with van der Waals surface area (Å²) in [5, 5.41) is 6.91. The molecule has 118 valence electrons. The third kappa shape index (κ3) is 4.39. The van der Waals surface area contributed by atoms with Crippen molar-refractivity contribution in [1.29, 1.82) is 0 Å². The predicted octanol–water partition coefficient (Wildman–Crippen LogP) is 1.50. The number of nitrogens with zero attached hydrogens (tertiary/aromatic N) is 3. The molecule has 1 aromatic heterocycles. The zero-order chi connectivity index (χ0) is 15.8. The maximum atomic E-state index is 11.9. The summed E-state index contributed by atoms with van der Waals surface area (Å²) in [6.07, 6.45) is 1.50. The van der Waals surface area contributed by atoms with E-state index in [1.54, 1.807) is 0 Å². The minimum atomic E-state index is -0.0325. The number of para-hydroxylation sites is 1. The van der Waals surface area contributed by atoms with Crippen molar-refractivity contribution in [3.05, 3.63) is 30.6 Å². The quantitative estimate of drug-likeness (QED) is 0.773. The van der Waals surface area contributed by atoms with Crippen LogP contribution in [0.3, 0.4) is 0 Å². The molecule has 1 aromatic carbocycles. The molecule has 0 aliphatic heterocycles. The molecule has 0 saturated heterocycles. The van der Waals surface area contributed by atoms with Crippen molar-refractivity contribution >= 4 is 22.6 Å². The van der Waals surface area contributed by atoms with Crippen LogP contribution in [0.5, 0.6) is 0 Å². The first-order valence-corrected chi connectivity index (χ1v) is 7.67. The number of hydrogen-bond acceptors (Lipinski definition) is 5. The van der Waals surface area contributed by atoms with Crippen LogP contribution in [0.1, 0.15) is 13.8 Å². The maximum absolute atomic E-state index is 11.9. The number of benzene rings is 1. The van der Waals surface area contributed by atoms with Crippen LogP contribution in [0.25, 0.3) is 10.9 Å². The highest BCUT2D eigenvalue weighted by Gasteiger charge is 2.06. The van der Waals surface area contributed by atoms with E-state index in [4.69, 9.17) is 0 Å². The molecule has 0 aliphatic rings. The molecule has 22 heavy (non-hydrogen) atoms. The standard InChI is InChI=1S/C16H23N5O/c1-3-21(4-2)10-9-17-15(22)11-18-16-13-7-5-6-8-14(13)19-12-20-16/h5-8,12H,3-4,9-11H2,1-2H3,(H,17,22)(H,18,19,20). The van der Waals surface area contributed by atoms with E-state index < -0.39 is 0 Å². The van der Waals surface area contributed by atoms with Gasteiger partial charge in [-0.1, -0.05) is 26.0 Å². The van der Waals surface area contributed by atoms with Gasteiger partial charge < -0.3 is 15.5 Å². The summed E-state index contributed by atoms with van der Waals surface area (Å²) in [5.41, 5.74) is 0.863. The van der Waals surface area contributed by atoms with Gasteiger partial charge in [-0.3, -0.25) is 4.79 Å². The van der Waals surface area contributed by atoms with E-state index in [2.05, 4.69) is 39.3 Å². The van der Waals surface area contributed by atoms with Crippen LogP contribution in [0.2, 0.25) is 0 Å². The molecule has 0 radical (unpaired) electrons. The summed E-state index contributed by atoms with van der Waals surface area (Å²) >= 11 is 0. The first-order chi connectivity index (χ1) is 10.7. The molecular formula is C16H23N5O. The second-order valence-corrected chi connectivity index (χ2v) is 4.97. The second kappa shape index (κ2) is 8.29. The number of rotatable bonds is 8. The van der Waals surface area contributed by atoms with Crippen LogP contribution in [0, 0.1) is 0 Å². The second-order valence-electron chi connectivity index (χ2n) is 4.97. The van der Waals surface area contributed by atoms with Gasteiger partial charge in [-0.25, -0.2) is 9.97 Å². The van der Waals surface area contributed by atoms with E-state index in [0.717, 1.165) is 30.5 Å². The van der Waals surface area contributed by atoms with Crippen LogP contribution in [-0.4, -0.2) is 53.5 Å². The van der Waals surface area contributed by atoms with Gasteiger partial charge in [0.1, 0.15) is 12.1 Å². The SMILES string of the molecule is CCN(CC)CCNC(=O)CNc1ncnc2ccccc12. The molecule has 0 fully saturated rings. The van der Waals surface area contributed by atoms with Gasteiger partial charge in [0, 0.05) is 18.5 Å². The molecule has 1 amide bonds. The highest BCUT2D eigenvalue weighted by atomic mass is 16.1. The lowest BCUT2D eigenvalue weighted by Gasteiger charge is -2.18. The summed E-state index contributed by atoms with van der Waals surface area (Å²) in [5.74, 6) is 0.652. The van der Waals surface area contributed by atoms with E-state index in [9.17, 15) is 4.79 Å². The number of amides is 1. The topological polar surface area (TPSA) is 70.2 Å². The van der Waals surface area contributed by atoms with Crippen LogP contribution >= 0.6 is 0 Å². The minimum Gasteiger partial charge on any atom is -0.360 e. The van der Waals surface area contributed by atoms with Gasteiger partial charge >= 0.3 is 0 Å². The van der Waals surface area contributed by atoms with Crippen molar-refractivity contribution in [3.63, 3.8) is 0 Å². The third-order valence-corrected chi connectivity index (χ3v) is 3.60. The van der Waals surface area contributed by atoms with Crippen LogP contribution < -0.4 is 10.6 Å². The Morgan fingerprint density at radius 2 is 1.95 bits per heavy atom. The Hall–Kier alpha value is -2.21. The van der Waals surface area contributed by atoms with Gasteiger partial charge in [-0.15, -0.1) is 0 Å². The third-order valence-electron chi connectivity index (χ3n) is 3.60. The Bertz CT molecular complexity index is 607. The number of nitrogens with one attached hydrogen (secondary N) is 2. The minimum absolute atomic E-state index is 0.0325. The summed E-state index contributed by atoms with van der Waals surface area (Å²) in [6, 6.07) is 7.72. The first kappa shape index (κ1) is 16.2. The summed E-state index contributed by atoms with van der Waals surface area (Å²) < 4.78 is 0. The number of carbonyl (C=O) groups excluding carboxylic acids is 1. The highest BCUT2D eigenvalue weighted by Crippen LogP contribution is 2.17. The lowest BCUT2D eigenvalue weighted by atomic mass is 10.2. The van der Waals surface area contributed by atoms with Crippen LogP contribution in [-0.2, 0) is 4.79 Å². The summed E-state index contributed by atoms with van der Waals surface area (Å²) in [6.45, 7) is 7.97. The molecule has 0 bridgehead atoms. The van der Waals surface area contributed by atoms with Gasteiger partial charge in [0.2, 0.25) is 5.91 Å². The van der Waals surface area contributed by atoms with Crippen LogP contribution in [0.15, 0.2) is 30.6 Å². The summed E-state index contributed by atoms with van der Waals surface area (Å²) in [4.78, 5) is 22.5. The number of anilines is 1. The molecule has 1 heterocycles. The molecule has 0 atom stereocenters. The Morgan fingerprint density at radius 1 is 1.18 bits per heavy atom. The lowest BCUT2D eigenvalue weighted by Crippen LogP contribution is -2.37. The van der Waals surface area contributed by atoms with E-state index in [-0.39, 0.29) is 12.5 Å². The van der Waals surface area contributed by atoms with Gasteiger partial charge in [0.15, 0.2) is 0 Å². The molecule has 0 spiro atoms. The van der Waals surface area contributed by atoms with E-state index in [1.807, 2.05) is 24.3 Å². The van der Waals surface area contributed by atoms with Gasteiger partial charge in [-0.05, 0) is 25.2 Å². The first-order valence-electron chi connectivity index (χ1n) is 7.67. The Labute approximate surface area is 130 Å². The predicted molar refractivity (Wildman–Crippen MR) is 88.8 cm³/mol. The fourth-order valence-electron chi connectivity index (χ4n) is 2.27. The number of fused-ring (bicyclic) bond motifs is 1. The highest BCUT2D eigenvalue weighted by molar-refractivity contribution is 5.90. The van der Waals surface area contributed by atoms with Crippen molar-refractivity contribution in [2.45, 2.75) is 13.8 Å². The molecule has 0 unspecified atom stereocenters. The molecule has 6 nitrogen and oxygen atoms in total. The Balaban J connectivity index is 1.83. The molecule has 2 aromatic rings. The van der Waals surface area contributed by atoms with Gasteiger partial charge in [0.25, 0.3) is 0 Å². The maximum Gasteiger partial charge on any atom is 0.239 e. The molecule has 6 heteroatoms. The van der Waals surface area contributed by atoms with Gasteiger partial charge in [0.05, 0.1) is 12.1 Å². The van der Waals surface area contributed by atoms with E-state index in [1.165, 1.54) is 6.33 Å². The molecule has 2 N–H and O–H groups in total. The smallest absolute Gasteiger partial charge is 0.239 e. The van der Waals surface area contributed by atoms with Crippen LogP contribution in [0.4, 0.5) is 5.82 Å². The zero-order valence-corrected chi connectivity index (χ0v) is 13.2.